The number of halogens is 1. The van der Waals surface area contributed by atoms with Crippen LogP contribution in [0.4, 0.5) is 10.1 Å². The number of nitrogens with zero attached hydrogens (tertiary/aromatic N) is 1. The maximum Gasteiger partial charge on any atom is 0.299 e. The molecule has 1 fully saturated rings. The lowest BCUT2D eigenvalue weighted by Crippen LogP contribution is -2.34. The molecule has 0 unspecified atom stereocenters. The molecule has 1 aromatic carbocycles. The Morgan fingerprint density at radius 3 is 2.63 bits per heavy atom. The third kappa shape index (κ3) is 1.95. The van der Waals surface area contributed by atoms with Gasteiger partial charge >= 0.3 is 0 Å². The molecule has 1 heterocycles. The lowest BCUT2D eigenvalue weighted by molar-refractivity contribution is -0.114. The molecule has 1 aromatic rings. The molecular formula is C15H16FNO2. The molecule has 0 saturated heterocycles. The van der Waals surface area contributed by atoms with Crippen molar-refractivity contribution in [3.8, 4) is 0 Å². The molecule has 1 aliphatic heterocycles. The molecule has 0 radical (unpaired) electrons. The van der Waals surface area contributed by atoms with Gasteiger partial charge in [0.25, 0.3) is 11.7 Å². The topological polar surface area (TPSA) is 37.4 Å². The van der Waals surface area contributed by atoms with E-state index in [4.69, 9.17) is 0 Å². The zero-order valence-corrected chi connectivity index (χ0v) is 10.9. The Kier molecular flexibility index (Phi) is 2.88. The number of amides is 1. The Morgan fingerprint density at radius 2 is 1.95 bits per heavy atom. The number of aryl methyl sites for hydroxylation is 1. The van der Waals surface area contributed by atoms with Crippen molar-refractivity contribution in [3.63, 3.8) is 0 Å². The number of anilines is 1. The van der Waals surface area contributed by atoms with Crippen LogP contribution in [-0.4, -0.2) is 18.2 Å². The summed E-state index contributed by atoms with van der Waals surface area (Å²) in [4.78, 5) is 25.3. The second kappa shape index (κ2) is 4.44. The summed E-state index contributed by atoms with van der Waals surface area (Å²) in [5, 5.41) is 0. The van der Waals surface area contributed by atoms with Gasteiger partial charge in [-0.3, -0.25) is 9.59 Å². The summed E-state index contributed by atoms with van der Waals surface area (Å²) in [5.74, 6) is -1.22. The number of carbonyl (C=O) groups is 2. The minimum Gasteiger partial charge on any atom is -0.302 e. The van der Waals surface area contributed by atoms with Crippen molar-refractivity contribution in [3.05, 3.63) is 29.1 Å². The van der Waals surface area contributed by atoms with E-state index in [2.05, 4.69) is 0 Å². The second-order valence-corrected chi connectivity index (χ2v) is 5.54. The minimum absolute atomic E-state index is 0.188. The number of Topliss-reactive ketones (excluding diaryl/α,β-unsaturated/α-hetero) is 1. The van der Waals surface area contributed by atoms with Crippen molar-refractivity contribution in [1.29, 1.82) is 0 Å². The summed E-state index contributed by atoms with van der Waals surface area (Å²) in [5.41, 5.74) is 1.08. The lowest BCUT2D eigenvalue weighted by Gasteiger charge is -2.21. The average Bonchev–Trinajstić information content (AvgIpc) is 2.93. The van der Waals surface area contributed by atoms with Crippen molar-refractivity contribution >= 4 is 17.4 Å². The number of carbonyl (C=O) groups excluding carboxylic acids is 2. The first-order chi connectivity index (χ1) is 9.08. The molecule has 19 heavy (non-hydrogen) atoms. The van der Waals surface area contributed by atoms with E-state index in [1.54, 1.807) is 13.0 Å². The third-order valence-electron chi connectivity index (χ3n) is 4.08. The maximum atomic E-state index is 14.1. The number of fused-ring (bicyclic) bond motifs is 1. The van der Waals surface area contributed by atoms with E-state index in [0.29, 0.717) is 18.0 Å². The van der Waals surface area contributed by atoms with Gasteiger partial charge in [-0.15, -0.1) is 0 Å². The van der Waals surface area contributed by atoms with E-state index in [1.165, 1.54) is 11.0 Å². The van der Waals surface area contributed by atoms with Gasteiger partial charge in [-0.2, -0.15) is 0 Å². The molecule has 0 atom stereocenters. The van der Waals surface area contributed by atoms with Crippen LogP contribution in [0.3, 0.4) is 0 Å². The van der Waals surface area contributed by atoms with Crippen LogP contribution in [0.1, 0.15) is 41.6 Å². The molecule has 3 rings (SSSR count). The van der Waals surface area contributed by atoms with Gasteiger partial charge < -0.3 is 4.90 Å². The summed E-state index contributed by atoms with van der Waals surface area (Å²) in [7, 11) is 0. The maximum absolute atomic E-state index is 14.1. The summed E-state index contributed by atoms with van der Waals surface area (Å²) in [6.07, 6.45) is 4.43. The predicted octanol–water partition coefficient (Wildman–Crippen LogP) is 2.85. The van der Waals surface area contributed by atoms with Crippen molar-refractivity contribution in [1.82, 2.24) is 0 Å². The number of hydrogen-bond donors (Lipinski definition) is 0. The highest BCUT2D eigenvalue weighted by Gasteiger charge is 2.39. The van der Waals surface area contributed by atoms with Crippen LogP contribution in [0.15, 0.2) is 12.1 Å². The highest BCUT2D eigenvalue weighted by Crippen LogP contribution is 2.35. The number of ketones is 1. The molecule has 0 aromatic heterocycles. The molecule has 0 spiro atoms. The van der Waals surface area contributed by atoms with Gasteiger partial charge in [0.1, 0.15) is 5.82 Å². The molecule has 0 bridgehead atoms. The Hall–Kier alpha value is -1.71. The van der Waals surface area contributed by atoms with E-state index >= 15 is 0 Å². The standard InChI is InChI=1S/C15H16FNO2/c1-9-6-11-13(12(16)7-9)17(15(19)14(11)18)8-10-4-2-3-5-10/h6-7,10H,2-5,8H2,1H3. The molecule has 0 N–H and O–H groups in total. The number of rotatable bonds is 2. The molecule has 2 aliphatic rings. The van der Waals surface area contributed by atoms with E-state index in [1.807, 2.05) is 0 Å². The van der Waals surface area contributed by atoms with Crippen LogP contribution in [0.5, 0.6) is 0 Å². The normalized spacial score (nSPS) is 19.4. The summed E-state index contributed by atoms with van der Waals surface area (Å²) in [6.45, 7) is 2.19. The van der Waals surface area contributed by atoms with Crippen LogP contribution in [0, 0.1) is 18.7 Å². The highest BCUT2D eigenvalue weighted by molar-refractivity contribution is 6.52. The van der Waals surface area contributed by atoms with E-state index in [0.717, 1.165) is 25.7 Å². The predicted molar refractivity (Wildman–Crippen MR) is 69.8 cm³/mol. The number of benzene rings is 1. The molecule has 4 heteroatoms. The Morgan fingerprint density at radius 1 is 1.26 bits per heavy atom. The van der Waals surface area contributed by atoms with Crippen molar-refractivity contribution in [2.75, 3.05) is 11.4 Å². The van der Waals surface area contributed by atoms with Crippen LogP contribution in [0.2, 0.25) is 0 Å². The van der Waals surface area contributed by atoms with Crippen LogP contribution in [0.25, 0.3) is 0 Å². The Labute approximate surface area is 111 Å². The zero-order chi connectivity index (χ0) is 13.6. The monoisotopic (exact) mass is 261 g/mol. The van der Waals surface area contributed by atoms with Crippen LogP contribution < -0.4 is 4.90 Å². The van der Waals surface area contributed by atoms with Gasteiger partial charge in [-0.25, -0.2) is 4.39 Å². The van der Waals surface area contributed by atoms with Gasteiger partial charge in [0.2, 0.25) is 0 Å². The average molecular weight is 261 g/mol. The SMILES string of the molecule is Cc1cc(F)c2c(c1)C(=O)C(=O)N2CC1CCCC1. The molecular weight excluding hydrogens is 245 g/mol. The van der Waals surface area contributed by atoms with Gasteiger partial charge in [0.15, 0.2) is 0 Å². The van der Waals surface area contributed by atoms with Crippen molar-refractivity contribution < 1.29 is 14.0 Å². The Bertz CT molecular complexity index is 562. The fraction of sp³-hybridized carbons (Fsp3) is 0.467. The zero-order valence-electron chi connectivity index (χ0n) is 10.9. The summed E-state index contributed by atoms with van der Waals surface area (Å²) in [6, 6.07) is 2.99. The molecule has 100 valence electrons. The second-order valence-electron chi connectivity index (χ2n) is 5.54. The van der Waals surface area contributed by atoms with Gasteiger partial charge in [0, 0.05) is 6.54 Å². The minimum atomic E-state index is -0.577. The first kappa shape index (κ1) is 12.3. The van der Waals surface area contributed by atoms with Crippen molar-refractivity contribution in [2.45, 2.75) is 32.6 Å². The molecule has 3 nitrogen and oxygen atoms in total. The lowest BCUT2D eigenvalue weighted by atomic mass is 10.1. The smallest absolute Gasteiger partial charge is 0.299 e. The van der Waals surface area contributed by atoms with E-state index in [9.17, 15) is 14.0 Å². The third-order valence-corrected chi connectivity index (χ3v) is 4.08. The van der Waals surface area contributed by atoms with E-state index in [-0.39, 0.29) is 11.3 Å². The Balaban J connectivity index is 1.99. The molecule has 1 saturated carbocycles. The first-order valence-electron chi connectivity index (χ1n) is 6.74. The van der Waals surface area contributed by atoms with Gasteiger partial charge in [-0.05, 0) is 43.4 Å². The van der Waals surface area contributed by atoms with E-state index < -0.39 is 17.5 Å². The molecule has 1 aliphatic carbocycles. The fourth-order valence-electron chi connectivity index (χ4n) is 3.15. The highest BCUT2D eigenvalue weighted by atomic mass is 19.1. The molecule has 1 amide bonds. The van der Waals surface area contributed by atoms with Gasteiger partial charge in [-0.1, -0.05) is 12.8 Å². The van der Waals surface area contributed by atoms with Crippen molar-refractivity contribution in [2.24, 2.45) is 5.92 Å². The fourth-order valence-corrected chi connectivity index (χ4v) is 3.15. The largest absolute Gasteiger partial charge is 0.302 e. The number of hydrogen-bond acceptors (Lipinski definition) is 2. The summed E-state index contributed by atoms with van der Waals surface area (Å²) < 4.78 is 14.1. The first-order valence-corrected chi connectivity index (χ1v) is 6.74. The van der Waals surface area contributed by atoms with Gasteiger partial charge in [0.05, 0.1) is 11.3 Å². The van der Waals surface area contributed by atoms with Crippen LogP contribution in [-0.2, 0) is 4.79 Å². The van der Waals surface area contributed by atoms with Crippen LogP contribution >= 0.6 is 0 Å². The quantitative estimate of drug-likeness (QED) is 0.768. The summed E-state index contributed by atoms with van der Waals surface area (Å²) >= 11 is 0.